The maximum atomic E-state index is 14.1. The van der Waals surface area contributed by atoms with Crippen LogP contribution >= 0.6 is 0 Å². The van der Waals surface area contributed by atoms with Crippen LogP contribution < -0.4 is 5.32 Å². The number of benzene rings is 2. The van der Waals surface area contributed by atoms with Crippen LogP contribution in [0.4, 0.5) is 20.6 Å². The highest BCUT2D eigenvalue weighted by Crippen LogP contribution is 2.28. The van der Waals surface area contributed by atoms with Crippen molar-refractivity contribution >= 4 is 32.8 Å². The molecule has 1 N–H and O–H groups in total. The van der Waals surface area contributed by atoms with E-state index >= 15 is 0 Å². The second-order valence-corrected chi connectivity index (χ2v) is 9.80. The predicted molar refractivity (Wildman–Crippen MR) is 127 cm³/mol. The SMILES string of the molecule is Cc1ncc(-c2ccnc(Nc3nc4ccccc4o3)c2)cc1CS(=O)(=O)c1ccc(F)cc1F. The summed E-state index contributed by atoms with van der Waals surface area (Å²) in [6, 6.07) is 15.2. The van der Waals surface area contributed by atoms with Gasteiger partial charge in [0.2, 0.25) is 0 Å². The fourth-order valence-corrected chi connectivity index (χ4v) is 5.09. The Hall–Kier alpha value is -4.18. The van der Waals surface area contributed by atoms with Gasteiger partial charge in [-0.25, -0.2) is 22.2 Å². The summed E-state index contributed by atoms with van der Waals surface area (Å²) in [5.74, 6) is -1.99. The van der Waals surface area contributed by atoms with Gasteiger partial charge < -0.3 is 4.42 Å². The van der Waals surface area contributed by atoms with E-state index in [1.807, 2.05) is 24.3 Å². The number of sulfone groups is 1. The van der Waals surface area contributed by atoms with Crippen LogP contribution in [0.25, 0.3) is 22.2 Å². The number of halogens is 2. The van der Waals surface area contributed by atoms with E-state index < -0.39 is 32.1 Å². The molecule has 0 radical (unpaired) electrons. The van der Waals surface area contributed by atoms with Crippen molar-refractivity contribution in [3.8, 4) is 11.1 Å². The Morgan fingerprint density at radius 1 is 0.971 bits per heavy atom. The lowest BCUT2D eigenvalue weighted by Crippen LogP contribution is -2.09. The number of nitrogens with zero attached hydrogens (tertiary/aromatic N) is 3. The number of pyridine rings is 2. The second kappa shape index (κ2) is 8.88. The molecule has 3 aromatic heterocycles. The van der Waals surface area contributed by atoms with E-state index in [2.05, 4.69) is 20.3 Å². The molecular weight excluding hydrogens is 474 g/mol. The van der Waals surface area contributed by atoms with Gasteiger partial charge in [-0.1, -0.05) is 12.1 Å². The minimum atomic E-state index is -4.07. The third-order valence-electron chi connectivity index (χ3n) is 5.39. The van der Waals surface area contributed by atoms with E-state index in [0.717, 1.165) is 17.7 Å². The molecule has 5 aromatic rings. The Labute approximate surface area is 199 Å². The van der Waals surface area contributed by atoms with Crippen molar-refractivity contribution in [2.45, 2.75) is 17.6 Å². The first-order valence-electron chi connectivity index (χ1n) is 10.5. The molecule has 0 spiro atoms. The number of hydrogen-bond donors (Lipinski definition) is 1. The fraction of sp³-hybridized carbons (Fsp3) is 0.0800. The summed E-state index contributed by atoms with van der Waals surface area (Å²) in [5.41, 5.74) is 3.59. The lowest BCUT2D eigenvalue weighted by molar-refractivity contribution is 0.548. The van der Waals surface area contributed by atoms with Crippen LogP contribution in [0, 0.1) is 18.6 Å². The number of para-hydroxylation sites is 2. The van der Waals surface area contributed by atoms with Crippen molar-refractivity contribution in [1.82, 2.24) is 15.0 Å². The van der Waals surface area contributed by atoms with Crippen molar-refractivity contribution in [2.75, 3.05) is 5.32 Å². The predicted octanol–water partition coefficient (Wildman–Crippen LogP) is 5.59. The smallest absolute Gasteiger partial charge is 0.301 e. The molecule has 0 aliphatic heterocycles. The number of hydrogen-bond acceptors (Lipinski definition) is 7. The van der Waals surface area contributed by atoms with Gasteiger partial charge in [0.15, 0.2) is 15.4 Å². The highest BCUT2D eigenvalue weighted by atomic mass is 32.2. The van der Waals surface area contributed by atoms with Gasteiger partial charge in [-0.15, -0.1) is 0 Å². The molecule has 0 amide bonds. The molecule has 2 aromatic carbocycles. The summed E-state index contributed by atoms with van der Waals surface area (Å²) in [7, 11) is -4.07. The Morgan fingerprint density at radius 2 is 1.80 bits per heavy atom. The van der Waals surface area contributed by atoms with Crippen LogP contribution in [-0.2, 0) is 15.6 Å². The van der Waals surface area contributed by atoms with Gasteiger partial charge in [-0.2, -0.15) is 4.98 Å². The second-order valence-electron chi connectivity index (χ2n) is 7.84. The Morgan fingerprint density at radius 3 is 2.60 bits per heavy atom. The van der Waals surface area contributed by atoms with Crippen molar-refractivity contribution in [3.63, 3.8) is 0 Å². The molecule has 0 aliphatic rings. The highest BCUT2D eigenvalue weighted by Gasteiger charge is 2.22. The molecule has 0 unspecified atom stereocenters. The van der Waals surface area contributed by atoms with Crippen LogP contribution in [0.3, 0.4) is 0 Å². The standard InChI is InChI=1S/C25H18F2N4O3S/c1-15-18(14-35(32,33)23-7-6-19(26)12-20(23)27)10-17(13-29-15)16-8-9-28-24(11-16)31-25-30-21-4-2-3-5-22(21)34-25/h2-13H,14H2,1H3,(H,28,30,31). The lowest BCUT2D eigenvalue weighted by Gasteiger charge is -2.11. The Balaban J connectivity index is 1.43. The number of rotatable bonds is 6. The largest absolute Gasteiger partial charge is 0.423 e. The maximum absolute atomic E-state index is 14.1. The fourth-order valence-electron chi connectivity index (χ4n) is 3.61. The van der Waals surface area contributed by atoms with E-state index in [1.165, 1.54) is 0 Å². The molecule has 10 heteroatoms. The normalized spacial score (nSPS) is 11.6. The van der Waals surface area contributed by atoms with E-state index in [0.29, 0.717) is 39.8 Å². The molecule has 0 bridgehead atoms. The summed E-state index contributed by atoms with van der Waals surface area (Å²) < 4.78 is 58.7. The zero-order chi connectivity index (χ0) is 24.6. The molecule has 7 nitrogen and oxygen atoms in total. The molecular formula is C25H18F2N4O3S. The van der Waals surface area contributed by atoms with Gasteiger partial charge in [0, 0.05) is 29.7 Å². The zero-order valence-electron chi connectivity index (χ0n) is 18.4. The molecule has 35 heavy (non-hydrogen) atoms. The van der Waals surface area contributed by atoms with E-state index in [9.17, 15) is 17.2 Å². The zero-order valence-corrected chi connectivity index (χ0v) is 19.2. The first-order valence-corrected chi connectivity index (χ1v) is 12.2. The van der Waals surface area contributed by atoms with Gasteiger partial charge in [0.25, 0.3) is 0 Å². The minimum Gasteiger partial charge on any atom is -0.423 e. The molecule has 0 atom stereocenters. The summed E-state index contributed by atoms with van der Waals surface area (Å²) in [6.07, 6.45) is 3.20. The van der Waals surface area contributed by atoms with Crippen LogP contribution in [0.5, 0.6) is 0 Å². The third-order valence-corrected chi connectivity index (χ3v) is 7.08. The summed E-state index contributed by atoms with van der Waals surface area (Å²) >= 11 is 0. The quantitative estimate of drug-likeness (QED) is 0.309. The van der Waals surface area contributed by atoms with E-state index in [-0.39, 0.29) is 6.01 Å². The summed E-state index contributed by atoms with van der Waals surface area (Å²) in [6.45, 7) is 1.67. The first-order chi connectivity index (χ1) is 16.8. The lowest BCUT2D eigenvalue weighted by atomic mass is 10.1. The maximum Gasteiger partial charge on any atom is 0.301 e. The molecule has 0 aliphatic carbocycles. The van der Waals surface area contributed by atoms with Crippen LogP contribution in [0.15, 0.2) is 82.4 Å². The average Bonchev–Trinajstić information content (AvgIpc) is 3.22. The number of aryl methyl sites for hydroxylation is 1. The number of nitrogens with one attached hydrogen (secondary N) is 1. The highest BCUT2D eigenvalue weighted by molar-refractivity contribution is 7.90. The van der Waals surface area contributed by atoms with Crippen LogP contribution in [-0.4, -0.2) is 23.4 Å². The average molecular weight is 493 g/mol. The first kappa shape index (κ1) is 22.6. The number of oxazole rings is 1. The van der Waals surface area contributed by atoms with Gasteiger partial charge in [-0.05, 0) is 60.5 Å². The summed E-state index contributed by atoms with van der Waals surface area (Å²) in [4.78, 5) is 12.4. The Bertz CT molecular complexity index is 1640. The Kier molecular flexibility index (Phi) is 5.73. The van der Waals surface area contributed by atoms with Crippen LogP contribution in [0.1, 0.15) is 11.3 Å². The molecule has 0 fully saturated rings. The number of anilines is 2. The van der Waals surface area contributed by atoms with Gasteiger partial charge in [-0.3, -0.25) is 10.3 Å². The van der Waals surface area contributed by atoms with Crippen molar-refractivity contribution in [3.05, 3.63) is 95.9 Å². The summed E-state index contributed by atoms with van der Waals surface area (Å²) in [5, 5.41) is 3.02. The van der Waals surface area contributed by atoms with Crippen molar-refractivity contribution in [1.29, 1.82) is 0 Å². The molecule has 5 rings (SSSR count). The molecule has 0 saturated heterocycles. The minimum absolute atomic E-state index is 0.283. The van der Waals surface area contributed by atoms with Gasteiger partial charge in [0.05, 0.1) is 5.75 Å². The topological polar surface area (TPSA) is 98.0 Å². The molecule has 0 saturated carbocycles. The van der Waals surface area contributed by atoms with Gasteiger partial charge >= 0.3 is 6.01 Å². The monoisotopic (exact) mass is 492 g/mol. The van der Waals surface area contributed by atoms with Crippen LogP contribution in [0.2, 0.25) is 0 Å². The molecule has 176 valence electrons. The van der Waals surface area contributed by atoms with E-state index in [1.54, 1.807) is 37.5 Å². The number of aromatic nitrogens is 3. The van der Waals surface area contributed by atoms with Crippen molar-refractivity contribution < 1.29 is 21.6 Å². The molecule has 3 heterocycles. The van der Waals surface area contributed by atoms with E-state index in [4.69, 9.17) is 4.42 Å². The third kappa shape index (κ3) is 4.73. The number of fused-ring (bicyclic) bond motifs is 1. The van der Waals surface area contributed by atoms with Gasteiger partial charge in [0.1, 0.15) is 27.9 Å². The van der Waals surface area contributed by atoms with Crippen molar-refractivity contribution in [2.24, 2.45) is 0 Å².